The van der Waals surface area contributed by atoms with Crippen LogP contribution >= 0.6 is 0 Å². The minimum Gasteiger partial charge on any atom is -0.384 e. The molecule has 2 rings (SSSR count). The summed E-state index contributed by atoms with van der Waals surface area (Å²) in [4.78, 5) is 4.31. The van der Waals surface area contributed by atoms with Gasteiger partial charge in [-0.25, -0.2) is 0 Å². The van der Waals surface area contributed by atoms with E-state index in [1.54, 1.807) is 17.8 Å². The van der Waals surface area contributed by atoms with E-state index in [4.69, 9.17) is 0 Å². The van der Waals surface area contributed by atoms with Crippen molar-refractivity contribution in [2.45, 2.75) is 26.0 Å². The lowest BCUT2D eigenvalue weighted by molar-refractivity contribution is 0.0565. The molecule has 1 atom stereocenters. The maximum atomic E-state index is 10.4. The predicted octanol–water partition coefficient (Wildman–Crippen LogP) is 1.12. The van der Waals surface area contributed by atoms with E-state index in [0.717, 1.165) is 16.8 Å². The van der Waals surface area contributed by atoms with Crippen molar-refractivity contribution in [3.05, 3.63) is 47.5 Å². The van der Waals surface area contributed by atoms with E-state index in [0.29, 0.717) is 13.1 Å². The molecule has 0 spiro atoms. The van der Waals surface area contributed by atoms with Crippen LogP contribution in [0.3, 0.4) is 0 Å². The quantitative estimate of drug-likeness (QED) is 0.845. The molecule has 5 heteroatoms. The smallest absolute Gasteiger partial charge is 0.102 e. The second-order valence-corrected chi connectivity index (χ2v) is 5.11. The minimum atomic E-state index is -0.932. The fraction of sp³-hybridized carbons (Fsp3) is 0.429. The van der Waals surface area contributed by atoms with Crippen molar-refractivity contribution < 1.29 is 5.11 Å². The molecule has 2 heterocycles. The van der Waals surface area contributed by atoms with Crippen LogP contribution in [-0.4, -0.2) is 26.4 Å². The first-order valence-corrected chi connectivity index (χ1v) is 6.31. The SMILES string of the molecule is Cc1ccc(CNCC(C)(O)c2cnn(C)c2)nc1. The average Bonchev–Trinajstić information content (AvgIpc) is 2.79. The highest BCUT2D eigenvalue weighted by molar-refractivity contribution is 5.15. The highest BCUT2D eigenvalue weighted by atomic mass is 16.3. The number of nitrogens with zero attached hydrogens (tertiary/aromatic N) is 3. The number of hydrogen-bond donors (Lipinski definition) is 2. The second-order valence-electron chi connectivity index (χ2n) is 5.11. The van der Waals surface area contributed by atoms with Crippen LogP contribution in [0.15, 0.2) is 30.7 Å². The Morgan fingerprint density at radius 1 is 1.37 bits per heavy atom. The summed E-state index contributed by atoms with van der Waals surface area (Å²) in [5, 5.41) is 17.7. The Morgan fingerprint density at radius 2 is 2.16 bits per heavy atom. The average molecular weight is 260 g/mol. The molecule has 0 aliphatic carbocycles. The number of aromatic nitrogens is 3. The summed E-state index contributed by atoms with van der Waals surface area (Å²) in [6.07, 6.45) is 5.36. The third-order valence-electron chi connectivity index (χ3n) is 3.07. The molecular weight excluding hydrogens is 240 g/mol. The fourth-order valence-electron chi connectivity index (χ4n) is 1.84. The largest absolute Gasteiger partial charge is 0.384 e. The molecule has 2 aromatic rings. The Kier molecular flexibility index (Phi) is 3.97. The molecule has 0 radical (unpaired) electrons. The monoisotopic (exact) mass is 260 g/mol. The summed E-state index contributed by atoms with van der Waals surface area (Å²) in [5.74, 6) is 0. The lowest BCUT2D eigenvalue weighted by atomic mass is 10.00. The molecule has 102 valence electrons. The number of rotatable bonds is 5. The van der Waals surface area contributed by atoms with Crippen molar-refractivity contribution in [1.82, 2.24) is 20.1 Å². The molecule has 0 aliphatic heterocycles. The van der Waals surface area contributed by atoms with Crippen LogP contribution in [0, 0.1) is 6.92 Å². The number of nitrogens with one attached hydrogen (secondary N) is 1. The molecule has 0 aromatic carbocycles. The summed E-state index contributed by atoms with van der Waals surface area (Å²) in [6, 6.07) is 4.02. The second kappa shape index (κ2) is 5.50. The lowest BCUT2D eigenvalue weighted by Crippen LogP contribution is -2.35. The molecule has 0 bridgehead atoms. The minimum absolute atomic E-state index is 0.453. The maximum absolute atomic E-state index is 10.4. The molecule has 0 aliphatic rings. The van der Waals surface area contributed by atoms with Crippen LogP contribution in [0.4, 0.5) is 0 Å². The highest BCUT2D eigenvalue weighted by Crippen LogP contribution is 2.18. The summed E-state index contributed by atoms with van der Waals surface area (Å²) in [5.41, 5.74) is 1.98. The molecule has 0 saturated carbocycles. The van der Waals surface area contributed by atoms with E-state index in [2.05, 4.69) is 15.4 Å². The van der Waals surface area contributed by atoms with Crippen LogP contribution in [0.1, 0.15) is 23.7 Å². The van der Waals surface area contributed by atoms with Gasteiger partial charge in [0, 0.05) is 38.1 Å². The number of aliphatic hydroxyl groups is 1. The molecule has 0 amide bonds. The van der Waals surface area contributed by atoms with Gasteiger partial charge in [0.15, 0.2) is 0 Å². The Bertz CT molecular complexity index is 531. The van der Waals surface area contributed by atoms with Gasteiger partial charge in [-0.05, 0) is 25.5 Å². The first kappa shape index (κ1) is 13.7. The van der Waals surface area contributed by atoms with E-state index in [1.165, 1.54) is 0 Å². The number of hydrogen-bond acceptors (Lipinski definition) is 4. The molecule has 0 fully saturated rings. The third-order valence-corrected chi connectivity index (χ3v) is 3.07. The molecule has 2 aromatic heterocycles. The van der Waals surface area contributed by atoms with Crippen LogP contribution in [0.25, 0.3) is 0 Å². The Balaban J connectivity index is 1.89. The van der Waals surface area contributed by atoms with Gasteiger partial charge in [0.1, 0.15) is 5.60 Å². The number of pyridine rings is 1. The van der Waals surface area contributed by atoms with E-state index in [-0.39, 0.29) is 0 Å². The molecule has 5 nitrogen and oxygen atoms in total. The van der Waals surface area contributed by atoms with Gasteiger partial charge in [-0.3, -0.25) is 9.67 Å². The Labute approximate surface area is 113 Å². The van der Waals surface area contributed by atoms with Crippen LogP contribution in [0.5, 0.6) is 0 Å². The molecule has 19 heavy (non-hydrogen) atoms. The van der Waals surface area contributed by atoms with E-state index >= 15 is 0 Å². The summed E-state index contributed by atoms with van der Waals surface area (Å²) < 4.78 is 1.69. The summed E-state index contributed by atoms with van der Waals surface area (Å²) in [6.45, 7) is 4.88. The topological polar surface area (TPSA) is 63.0 Å². The summed E-state index contributed by atoms with van der Waals surface area (Å²) in [7, 11) is 1.84. The molecular formula is C14H20N4O. The van der Waals surface area contributed by atoms with Crippen molar-refractivity contribution in [2.75, 3.05) is 6.54 Å². The Hall–Kier alpha value is -1.72. The lowest BCUT2D eigenvalue weighted by Gasteiger charge is -2.22. The summed E-state index contributed by atoms with van der Waals surface area (Å²) >= 11 is 0. The highest BCUT2D eigenvalue weighted by Gasteiger charge is 2.24. The van der Waals surface area contributed by atoms with Crippen LogP contribution < -0.4 is 5.32 Å². The predicted molar refractivity (Wildman–Crippen MR) is 73.5 cm³/mol. The maximum Gasteiger partial charge on any atom is 0.102 e. The normalized spacial score (nSPS) is 14.3. The first-order valence-electron chi connectivity index (χ1n) is 6.31. The van der Waals surface area contributed by atoms with Crippen molar-refractivity contribution in [2.24, 2.45) is 7.05 Å². The molecule has 1 unspecified atom stereocenters. The van der Waals surface area contributed by atoms with Gasteiger partial charge in [-0.15, -0.1) is 0 Å². The van der Waals surface area contributed by atoms with Gasteiger partial charge >= 0.3 is 0 Å². The van der Waals surface area contributed by atoms with Crippen molar-refractivity contribution in [1.29, 1.82) is 0 Å². The van der Waals surface area contributed by atoms with E-state index in [1.807, 2.05) is 38.5 Å². The van der Waals surface area contributed by atoms with Gasteiger partial charge in [0.25, 0.3) is 0 Å². The van der Waals surface area contributed by atoms with E-state index in [9.17, 15) is 5.11 Å². The fourth-order valence-corrected chi connectivity index (χ4v) is 1.84. The van der Waals surface area contributed by atoms with Crippen molar-refractivity contribution in [3.8, 4) is 0 Å². The Morgan fingerprint density at radius 3 is 2.74 bits per heavy atom. The number of aryl methyl sites for hydroxylation is 2. The van der Waals surface area contributed by atoms with Gasteiger partial charge in [-0.1, -0.05) is 6.07 Å². The van der Waals surface area contributed by atoms with Gasteiger partial charge < -0.3 is 10.4 Å². The third kappa shape index (κ3) is 3.62. The van der Waals surface area contributed by atoms with Gasteiger partial charge in [-0.2, -0.15) is 5.10 Å². The zero-order valence-corrected chi connectivity index (χ0v) is 11.6. The van der Waals surface area contributed by atoms with Gasteiger partial charge in [0.05, 0.1) is 11.9 Å². The van der Waals surface area contributed by atoms with Crippen molar-refractivity contribution >= 4 is 0 Å². The van der Waals surface area contributed by atoms with Crippen molar-refractivity contribution in [3.63, 3.8) is 0 Å². The zero-order valence-electron chi connectivity index (χ0n) is 11.6. The van der Waals surface area contributed by atoms with E-state index < -0.39 is 5.60 Å². The van der Waals surface area contributed by atoms with Gasteiger partial charge in [0.2, 0.25) is 0 Å². The van der Waals surface area contributed by atoms with Crippen LogP contribution in [-0.2, 0) is 19.2 Å². The molecule has 2 N–H and O–H groups in total. The standard InChI is InChI=1S/C14H20N4O/c1-11-4-5-13(16-6-11)8-15-10-14(2,19)12-7-17-18(3)9-12/h4-7,9,15,19H,8,10H2,1-3H3. The molecule has 0 saturated heterocycles. The first-order chi connectivity index (χ1) is 8.97. The van der Waals surface area contributed by atoms with Crippen LogP contribution in [0.2, 0.25) is 0 Å². The zero-order chi connectivity index (χ0) is 13.9.